The van der Waals surface area contributed by atoms with E-state index in [1.807, 2.05) is 42.1 Å². The summed E-state index contributed by atoms with van der Waals surface area (Å²) in [6.07, 6.45) is 3.75. The zero-order chi connectivity index (χ0) is 15.5. The van der Waals surface area contributed by atoms with Crippen LogP contribution in [0.4, 0.5) is 5.82 Å². The summed E-state index contributed by atoms with van der Waals surface area (Å²) in [6, 6.07) is 7.95. The molecule has 0 amide bonds. The van der Waals surface area contributed by atoms with Gasteiger partial charge in [0.05, 0.1) is 20.0 Å². The molecule has 2 aromatic heterocycles. The minimum Gasteiger partial charge on any atom is -0.496 e. The molecule has 0 aliphatic heterocycles. The van der Waals surface area contributed by atoms with Gasteiger partial charge < -0.3 is 14.6 Å². The first kappa shape index (κ1) is 14.6. The largest absolute Gasteiger partial charge is 0.496 e. The summed E-state index contributed by atoms with van der Waals surface area (Å²) in [6.45, 7) is 0.647. The van der Waals surface area contributed by atoms with Crippen molar-refractivity contribution in [2.24, 2.45) is 0 Å². The van der Waals surface area contributed by atoms with E-state index in [0.29, 0.717) is 6.54 Å². The lowest BCUT2D eigenvalue weighted by Gasteiger charge is -2.10. The fourth-order valence-corrected chi connectivity index (χ4v) is 2.68. The predicted molar refractivity (Wildman–Crippen MR) is 88.7 cm³/mol. The molecule has 1 N–H and O–H groups in total. The Bertz CT molecular complexity index is 802. The molecule has 114 valence electrons. The lowest BCUT2D eigenvalue weighted by molar-refractivity contribution is 0.408. The van der Waals surface area contributed by atoms with Crippen LogP contribution in [-0.2, 0) is 6.54 Å². The van der Waals surface area contributed by atoms with Crippen LogP contribution in [0.5, 0.6) is 5.75 Å². The minimum absolute atomic E-state index is 0.647. The summed E-state index contributed by atoms with van der Waals surface area (Å²) >= 11 is 1.51. The molecule has 3 rings (SSSR count). The SMILES string of the molecule is CNc1nc(SC)nc2c1ncn2Cc1ccccc1OC. The van der Waals surface area contributed by atoms with Crippen molar-refractivity contribution >= 4 is 28.7 Å². The quantitative estimate of drug-likeness (QED) is 0.577. The Morgan fingerprint density at radius 1 is 1.27 bits per heavy atom. The summed E-state index contributed by atoms with van der Waals surface area (Å²) in [7, 11) is 3.52. The van der Waals surface area contributed by atoms with E-state index in [1.54, 1.807) is 13.4 Å². The van der Waals surface area contributed by atoms with E-state index >= 15 is 0 Å². The van der Waals surface area contributed by atoms with Gasteiger partial charge in [0.1, 0.15) is 5.75 Å². The Balaban J connectivity index is 2.08. The molecule has 3 aromatic rings. The average Bonchev–Trinajstić information content (AvgIpc) is 2.97. The monoisotopic (exact) mass is 315 g/mol. The molecule has 7 heteroatoms. The molecule has 6 nitrogen and oxygen atoms in total. The summed E-state index contributed by atoms with van der Waals surface area (Å²) in [5, 5.41) is 3.80. The second-order valence-corrected chi connectivity index (χ2v) is 5.44. The van der Waals surface area contributed by atoms with Crippen LogP contribution in [0.15, 0.2) is 35.7 Å². The van der Waals surface area contributed by atoms with E-state index in [2.05, 4.69) is 20.3 Å². The zero-order valence-corrected chi connectivity index (χ0v) is 13.5. The summed E-state index contributed by atoms with van der Waals surface area (Å²) in [5.41, 5.74) is 2.67. The topological polar surface area (TPSA) is 64.9 Å². The van der Waals surface area contributed by atoms with Gasteiger partial charge in [-0.1, -0.05) is 30.0 Å². The fraction of sp³-hybridized carbons (Fsp3) is 0.267. The van der Waals surface area contributed by atoms with E-state index in [0.717, 1.165) is 33.5 Å². The predicted octanol–water partition coefficient (Wildman–Crippen LogP) is 2.65. The van der Waals surface area contributed by atoms with Crippen molar-refractivity contribution in [1.82, 2.24) is 19.5 Å². The van der Waals surface area contributed by atoms with E-state index < -0.39 is 0 Å². The number of methoxy groups -OCH3 is 1. The Morgan fingerprint density at radius 3 is 2.82 bits per heavy atom. The van der Waals surface area contributed by atoms with Gasteiger partial charge in [0.25, 0.3) is 0 Å². The first-order valence-electron chi connectivity index (χ1n) is 6.83. The third-order valence-corrected chi connectivity index (χ3v) is 3.94. The van der Waals surface area contributed by atoms with Crippen LogP contribution in [0.2, 0.25) is 0 Å². The van der Waals surface area contributed by atoms with Gasteiger partial charge in [0.15, 0.2) is 22.1 Å². The molecule has 0 radical (unpaired) electrons. The zero-order valence-electron chi connectivity index (χ0n) is 12.7. The normalized spacial score (nSPS) is 10.9. The van der Waals surface area contributed by atoms with Crippen LogP contribution in [-0.4, -0.2) is 39.9 Å². The highest BCUT2D eigenvalue weighted by molar-refractivity contribution is 7.98. The molecule has 0 atom stereocenters. The van der Waals surface area contributed by atoms with Crippen LogP contribution >= 0.6 is 11.8 Å². The summed E-state index contributed by atoms with van der Waals surface area (Å²) < 4.78 is 7.42. The molecule has 0 spiro atoms. The van der Waals surface area contributed by atoms with Crippen molar-refractivity contribution in [2.75, 3.05) is 25.7 Å². The molecule has 0 saturated carbocycles. The highest BCUT2D eigenvalue weighted by Crippen LogP contribution is 2.24. The van der Waals surface area contributed by atoms with Crippen molar-refractivity contribution in [3.8, 4) is 5.75 Å². The summed E-state index contributed by atoms with van der Waals surface area (Å²) in [4.78, 5) is 13.5. The van der Waals surface area contributed by atoms with Crippen LogP contribution < -0.4 is 10.1 Å². The molecule has 0 aliphatic carbocycles. The van der Waals surface area contributed by atoms with E-state index in [4.69, 9.17) is 4.74 Å². The average molecular weight is 315 g/mol. The Kier molecular flexibility index (Phi) is 4.15. The van der Waals surface area contributed by atoms with Gasteiger partial charge in [-0.3, -0.25) is 0 Å². The van der Waals surface area contributed by atoms with Crippen molar-refractivity contribution in [3.05, 3.63) is 36.2 Å². The fourth-order valence-electron chi connectivity index (χ4n) is 2.32. The van der Waals surface area contributed by atoms with Gasteiger partial charge in [0, 0.05) is 12.6 Å². The molecule has 0 bridgehead atoms. The highest BCUT2D eigenvalue weighted by Gasteiger charge is 2.13. The molecule has 0 unspecified atom stereocenters. The smallest absolute Gasteiger partial charge is 0.191 e. The van der Waals surface area contributed by atoms with Crippen molar-refractivity contribution in [3.63, 3.8) is 0 Å². The van der Waals surface area contributed by atoms with E-state index in [-0.39, 0.29) is 0 Å². The lowest BCUT2D eigenvalue weighted by atomic mass is 10.2. The van der Waals surface area contributed by atoms with Crippen LogP contribution in [0.1, 0.15) is 5.56 Å². The number of hydrogen-bond acceptors (Lipinski definition) is 6. The van der Waals surface area contributed by atoms with Gasteiger partial charge in [-0.15, -0.1) is 0 Å². The first-order chi connectivity index (χ1) is 10.8. The number of thioether (sulfide) groups is 1. The number of rotatable bonds is 5. The number of ether oxygens (including phenoxy) is 1. The number of hydrogen-bond donors (Lipinski definition) is 1. The maximum Gasteiger partial charge on any atom is 0.191 e. The van der Waals surface area contributed by atoms with E-state index in [1.165, 1.54) is 11.8 Å². The number of nitrogens with zero attached hydrogens (tertiary/aromatic N) is 4. The number of anilines is 1. The first-order valence-corrected chi connectivity index (χ1v) is 8.05. The third kappa shape index (κ3) is 2.59. The van der Waals surface area contributed by atoms with Crippen molar-refractivity contribution in [2.45, 2.75) is 11.7 Å². The number of fused-ring (bicyclic) bond motifs is 1. The molecule has 2 heterocycles. The number of aromatic nitrogens is 4. The second kappa shape index (κ2) is 6.23. The highest BCUT2D eigenvalue weighted by atomic mass is 32.2. The molecule has 0 fully saturated rings. The maximum atomic E-state index is 5.41. The Hall–Kier alpha value is -2.28. The number of para-hydroxylation sites is 1. The van der Waals surface area contributed by atoms with Gasteiger partial charge in [-0.25, -0.2) is 15.0 Å². The lowest BCUT2D eigenvalue weighted by Crippen LogP contribution is -2.03. The van der Waals surface area contributed by atoms with Crippen LogP contribution in [0.3, 0.4) is 0 Å². The number of imidazole rings is 1. The minimum atomic E-state index is 0.647. The van der Waals surface area contributed by atoms with Crippen LogP contribution in [0.25, 0.3) is 11.2 Å². The van der Waals surface area contributed by atoms with Crippen molar-refractivity contribution < 1.29 is 4.74 Å². The van der Waals surface area contributed by atoms with Gasteiger partial charge in [0.2, 0.25) is 0 Å². The van der Waals surface area contributed by atoms with Crippen molar-refractivity contribution in [1.29, 1.82) is 0 Å². The molecule has 0 saturated heterocycles. The molecule has 22 heavy (non-hydrogen) atoms. The third-order valence-electron chi connectivity index (χ3n) is 3.40. The molecular formula is C15H17N5OS. The molecule has 1 aromatic carbocycles. The molecular weight excluding hydrogens is 298 g/mol. The Morgan fingerprint density at radius 2 is 2.09 bits per heavy atom. The van der Waals surface area contributed by atoms with Crippen LogP contribution in [0, 0.1) is 0 Å². The Labute approximate surface area is 132 Å². The molecule has 0 aliphatic rings. The second-order valence-electron chi connectivity index (χ2n) is 4.67. The summed E-state index contributed by atoms with van der Waals surface area (Å²) in [5.74, 6) is 1.60. The van der Waals surface area contributed by atoms with Gasteiger partial charge >= 0.3 is 0 Å². The maximum absolute atomic E-state index is 5.41. The number of nitrogens with one attached hydrogen (secondary N) is 1. The van der Waals surface area contributed by atoms with Gasteiger partial charge in [-0.2, -0.15) is 0 Å². The standard InChI is InChI=1S/C15H17N5OS/c1-16-13-12-14(19-15(18-13)22-3)20(9-17-12)8-10-6-4-5-7-11(10)21-2/h4-7,9H,8H2,1-3H3,(H,16,18,19). The van der Waals surface area contributed by atoms with E-state index in [9.17, 15) is 0 Å². The number of benzene rings is 1. The van der Waals surface area contributed by atoms with Gasteiger partial charge in [-0.05, 0) is 12.3 Å².